The Labute approximate surface area is 105 Å². The summed E-state index contributed by atoms with van der Waals surface area (Å²) in [6.45, 7) is 11.4. The monoisotopic (exact) mass is 239 g/mol. The third-order valence-corrected chi connectivity index (χ3v) is 3.26. The molecule has 0 spiro atoms. The van der Waals surface area contributed by atoms with Gasteiger partial charge in [0.2, 0.25) is 0 Å². The number of hydrogen-bond donors (Lipinski definition) is 0. The lowest BCUT2D eigenvalue weighted by Gasteiger charge is -2.29. The minimum absolute atomic E-state index is 0.535. The zero-order valence-corrected chi connectivity index (χ0v) is 11.2. The van der Waals surface area contributed by atoms with E-state index in [9.17, 15) is 0 Å². The van der Waals surface area contributed by atoms with Crippen LogP contribution in [-0.4, -0.2) is 61.8 Å². The smallest absolute Gasteiger partial charge is 0.0635 e. The summed E-state index contributed by atoms with van der Waals surface area (Å²) < 4.78 is 5.33. The van der Waals surface area contributed by atoms with Crippen molar-refractivity contribution in [1.82, 2.24) is 9.80 Å². The van der Waals surface area contributed by atoms with Crippen LogP contribution in [0.25, 0.3) is 0 Å². The van der Waals surface area contributed by atoms with Gasteiger partial charge >= 0.3 is 0 Å². The van der Waals surface area contributed by atoms with E-state index in [2.05, 4.69) is 29.7 Å². The van der Waals surface area contributed by atoms with Crippen molar-refractivity contribution in [2.75, 3.05) is 45.9 Å². The van der Waals surface area contributed by atoms with Gasteiger partial charge in [-0.3, -0.25) is 9.80 Å². The van der Waals surface area contributed by atoms with Crippen LogP contribution in [0.5, 0.6) is 0 Å². The first-order chi connectivity index (χ1) is 8.24. The van der Waals surface area contributed by atoms with Crippen molar-refractivity contribution in [2.45, 2.75) is 32.7 Å². The molecule has 0 saturated carbocycles. The van der Waals surface area contributed by atoms with Crippen molar-refractivity contribution in [3.05, 3.63) is 0 Å². The van der Waals surface area contributed by atoms with Crippen molar-refractivity contribution in [2.24, 2.45) is 0 Å². The minimum atomic E-state index is 0.535. The van der Waals surface area contributed by atoms with Crippen molar-refractivity contribution in [1.29, 1.82) is 5.26 Å². The fraction of sp³-hybridized carbons (Fsp3) is 0.923. The first kappa shape index (κ1) is 14.4. The quantitative estimate of drug-likeness (QED) is 0.672. The summed E-state index contributed by atoms with van der Waals surface area (Å²) in [5.74, 6) is 0. The highest BCUT2D eigenvalue weighted by atomic mass is 16.5. The molecule has 17 heavy (non-hydrogen) atoms. The molecule has 0 amide bonds. The summed E-state index contributed by atoms with van der Waals surface area (Å²) in [7, 11) is 0. The van der Waals surface area contributed by atoms with Crippen LogP contribution in [0.15, 0.2) is 0 Å². The zero-order valence-electron chi connectivity index (χ0n) is 11.2. The van der Waals surface area contributed by atoms with Gasteiger partial charge in [-0.15, -0.1) is 0 Å². The molecule has 1 aliphatic rings. The lowest BCUT2D eigenvalue weighted by Crippen LogP contribution is -2.39. The molecule has 1 saturated heterocycles. The Bertz CT molecular complexity index is 231. The Morgan fingerprint density at radius 3 is 2.59 bits per heavy atom. The third kappa shape index (κ3) is 6.02. The van der Waals surface area contributed by atoms with Crippen molar-refractivity contribution >= 4 is 0 Å². The highest BCUT2D eigenvalue weighted by molar-refractivity contribution is 4.74. The van der Waals surface area contributed by atoms with Crippen LogP contribution in [-0.2, 0) is 4.74 Å². The van der Waals surface area contributed by atoms with E-state index in [1.807, 2.05) is 0 Å². The van der Waals surface area contributed by atoms with Gasteiger partial charge in [-0.05, 0) is 33.4 Å². The summed E-state index contributed by atoms with van der Waals surface area (Å²) in [6, 6.07) is 2.76. The lowest BCUT2D eigenvalue weighted by atomic mass is 10.2. The molecule has 0 unspecified atom stereocenters. The first-order valence-corrected chi connectivity index (χ1v) is 6.65. The molecule has 0 atom stereocenters. The Morgan fingerprint density at radius 2 is 2.00 bits per heavy atom. The van der Waals surface area contributed by atoms with E-state index in [1.165, 1.54) is 6.42 Å². The van der Waals surface area contributed by atoms with E-state index in [4.69, 9.17) is 10.00 Å². The third-order valence-electron chi connectivity index (χ3n) is 3.26. The SMILES string of the molecule is CC(C)N(CCC#N)CCCN1CCOCC1. The molecule has 1 rings (SSSR count). The zero-order chi connectivity index (χ0) is 12.5. The molecule has 0 bridgehead atoms. The summed E-state index contributed by atoms with van der Waals surface area (Å²) in [4.78, 5) is 4.86. The largest absolute Gasteiger partial charge is 0.379 e. The van der Waals surface area contributed by atoms with Crippen LogP contribution in [0.2, 0.25) is 0 Å². The number of hydrogen-bond acceptors (Lipinski definition) is 4. The molecule has 0 aromatic heterocycles. The lowest BCUT2D eigenvalue weighted by molar-refractivity contribution is 0.0357. The van der Waals surface area contributed by atoms with Crippen molar-refractivity contribution in [3.63, 3.8) is 0 Å². The van der Waals surface area contributed by atoms with E-state index in [1.54, 1.807) is 0 Å². The highest BCUT2D eigenvalue weighted by Crippen LogP contribution is 2.03. The molecule has 0 aliphatic carbocycles. The summed E-state index contributed by atoms with van der Waals surface area (Å²) in [5.41, 5.74) is 0. The van der Waals surface area contributed by atoms with Crippen molar-refractivity contribution in [3.8, 4) is 6.07 Å². The van der Waals surface area contributed by atoms with Gasteiger partial charge in [0.1, 0.15) is 0 Å². The van der Waals surface area contributed by atoms with Crippen LogP contribution in [0, 0.1) is 11.3 Å². The number of ether oxygens (including phenoxy) is 1. The second-order valence-corrected chi connectivity index (χ2v) is 4.85. The standard InChI is InChI=1S/C13H25N3O/c1-13(2)16(7-3-5-14)8-4-6-15-9-11-17-12-10-15/h13H,3-4,6-12H2,1-2H3. The summed E-state index contributed by atoms with van der Waals surface area (Å²) in [5, 5.41) is 8.63. The average molecular weight is 239 g/mol. The summed E-state index contributed by atoms with van der Waals surface area (Å²) >= 11 is 0. The van der Waals surface area contributed by atoms with Gasteiger partial charge in [0.25, 0.3) is 0 Å². The van der Waals surface area contributed by atoms with Gasteiger partial charge in [0.05, 0.1) is 19.3 Å². The average Bonchev–Trinajstić information content (AvgIpc) is 2.34. The Kier molecular flexibility index (Phi) is 7.18. The van der Waals surface area contributed by atoms with Gasteiger partial charge in [0, 0.05) is 32.1 Å². The van der Waals surface area contributed by atoms with Gasteiger partial charge in [0.15, 0.2) is 0 Å². The molecule has 0 radical (unpaired) electrons. The van der Waals surface area contributed by atoms with E-state index >= 15 is 0 Å². The van der Waals surface area contributed by atoms with E-state index < -0.39 is 0 Å². The molecule has 1 fully saturated rings. The highest BCUT2D eigenvalue weighted by Gasteiger charge is 2.12. The molecule has 0 N–H and O–H groups in total. The molecule has 0 aromatic rings. The molecule has 4 nitrogen and oxygen atoms in total. The Hall–Kier alpha value is -0.630. The van der Waals surface area contributed by atoms with Gasteiger partial charge in [-0.25, -0.2) is 0 Å². The number of rotatable bonds is 7. The predicted octanol–water partition coefficient (Wildman–Crippen LogP) is 1.33. The van der Waals surface area contributed by atoms with Gasteiger partial charge in [-0.2, -0.15) is 5.26 Å². The number of nitriles is 1. The van der Waals surface area contributed by atoms with Crippen LogP contribution >= 0.6 is 0 Å². The van der Waals surface area contributed by atoms with Crippen molar-refractivity contribution < 1.29 is 4.74 Å². The molecular weight excluding hydrogens is 214 g/mol. The van der Waals surface area contributed by atoms with E-state index in [0.29, 0.717) is 12.5 Å². The predicted molar refractivity (Wildman–Crippen MR) is 68.8 cm³/mol. The van der Waals surface area contributed by atoms with Crippen LogP contribution in [0.4, 0.5) is 0 Å². The second-order valence-electron chi connectivity index (χ2n) is 4.85. The Morgan fingerprint density at radius 1 is 1.29 bits per heavy atom. The Balaban J connectivity index is 2.15. The molecule has 98 valence electrons. The maximum atomic E-state index is 8.63. The summed E-state index contributed by atoms with van der Waals surface area (Å²) in [6.07, 6.45) is 1.82. The van der Waals surface area contributed by atoms with Crippen LogP contribution in [0.3, 0.4) is 0 Å². The molecule has 1 aliphatic heterocycles. The minimum Gasteiger partial charge on any atom is -0.379 e. The number of morpholine rings is 1. The van der Waals surface area contributed by atoms with E-state index in [-0.39, 0.29) is 0 Å². The molecule has 4 heteroatoms. The molecule has 1 heterocycles. The van der Waals surface area contributed by atoms with Crippen LogP contribution < -0.4 is 0 Å². The maximum absolute atomic E-state index is 8.63. The first-order valence-electron chi connectivity index (χ1n) is 6.65. The fourth-order valence-corrected chi connectivity index (χ4v) is 2.14. The normalized spacial score (nSPS) is 17.6. The second kappa shape index (κ2) is 8.46. The number of nitrogens with zero attached hydrogens (tertiary/aromatic N) is 3. The molecule has 0 aromatic carbocycles. The molecular formula is C13H25N3O. The van der Waals surface area contributed by atoms with E-state index in [0.717, 1.165) is 45.9 Å². The van der Waals surface area contributed by atoms with Crippen LogP contribution in [0.1, 0.15) is 26.7 Å². The van der Waals surface area contributed by atoms with Gasteiger partial charge in [-0.1, -0.05) is 0 Å². The topological polar surface area (TPSA) is 39.5 Å². The maximum Gasteiger partial charge on any atom is 0.0635 e. The van der Waals surface area contributed by atoms with Gasteiger partial charge < -0.3 is 4.74 Å². The fourth-order valence-electron chi connectivity index (χ4n) is 2.14.